The van der Waals surface area contributed by atoms with Crippen molar-refractivity contribution in [3.05, 3.63) is 113 Å². The van der Waals surface area contributed by atoms with Gasteiger partial charge in [-0.2, -0.15) is 10.5 Å². The maximum Gasteiger partial charge on any atom is 1.00 e. The van der Waals surface area contributed by atoms with Gasteiger partial charge in [0.15, 0.2) is 57.5 Å². The van der Waals surface area contributed by atoms with E-state index in [-0.39, 0.29) is 161 Å². The topological polar surface area (TPSA) is 228 Å². The Morgan fingerprint density at radius 3 is 1.18 bits per heavy atom. The van der Waals surface area contributed by atoms with Crippen LogP contribution in [0.4, 0.5) is 4.39 Å². The molecule has 514 valence electrons. The summed E-state index contributed by atoms with van der Waals surface area (Å²) in [5.74, 6) is 3.26. The summed E-state index contributed by atoms with van der Waals surface area (Å²) in [5, 5.41) is 73.4. The third kappa shape index (κ3) is 14.6. The minimum absolute atomic E-state index is 0. The van der Waals surface area contributed by atoms with Crippen LogP contribution < -0.4 is 127 Å². The number of phenols is 4. The second kappa shape index (κ2) is 32.7. The number of methoxy groups -OCH3 is 2. The number of carbonyl (C=O) groups excluding carboxylic acids is 1. The number of nitriles is 2. The molecule has 20 heteroatoms. The van der Waals surface area contributed by atoms with Crippen LogP contribution in [0.15, 0.2) is 24.3 Å². The number of carbonyl (C=O) groups is 1. The quantitative estimate of drug-likeness (QED) is 0.0197. The molecule has 4 aliphatic carbocycles. The minimum Gasteiger partial charge on any atom is -1.00 e. The number of rotatable bonds is 19. The van der Waals surface area contributed by atoms with Crippen molar-refractivity contribution < 1.29 is 164 Å². The number of hydrogen-bond donors (Lipinski definition) is 4. The van der Waals surface area contributed by atoms with Crippen molar-refractivity contribution in [3.8, 4) is 69.6 Å². The van der Waals surface area contributed by atoms with E-state index < -0.39 is 12.6 Å². The van der Waals surface area contributed by atoms with Gasteiger partial charge in [-0.25, -0.2) is 0 Å². The first kappa shape index (κ1) is 80.9. The molecule has 1 aliphatic heterocycles. The Kier molecular flexibility index (Phi) is 27.6. The van der Waals surface area contributed by atoms with E-state index in [4.69, 9.17) is 30.4 Å². The number of fused-ring (bicyclic) bond motifs is 10. The number of benzene rings is 5. The first-order valence-corrected chi connectivity index (χ1v) is 33.3. The van der Waals surface area contributed by atoms with Gasteiger partial charge in [0.1, 0.15) is 23.3 Å². The molecule has 5 aromatic carbocycles. The van der Waals surface area contributed by atoms with Gasteiger partial charge in [0, 0.05) is 59.3 Å². The number of ether oxygens (including phenoxy) is 4. The molecule has 0 fully saturated rings. The maximum atomic E-state index is 11.3. The van der Waals surface area contributed by atoms with E-state index in [2.05, 4.69) is 160 Å². The summed E-state index contributed by atoms with van der Waals surface area (Å²) in [4.78, 5) is 20.7. The van der Waals surface area contributed by atoms with Crippen LogP contribution in [0.3, 0.4) is 0 Å². The number of aromatic hydroxyl groups is 4. The van der Waals surface area contributed by atoms with Gasteiger partial charge in [0.2, 0.25) is 0 Å². The van der Waals surface area contributed by atoms with Gasteiger partial charge in [-0.05, 0) is 193 Å². The normalized spacial score (nSPS) is 17.6. The van der Waals surface area contributed by atoms with Gasteiger partial charge < -0.3 is 50.9 Å². The average molecular weight is 1380 g/mol. The zero-order valence-electron chi connectivity index (χ0n) is 63.6. The first-order valence-electron chi connectivity index (χ1n) is 34.0. The zero-order valence-corrected chi connectivity index (χ0v) is 67.9. The Hall–Kier alpha value is -4.05. The molecular formula is C76H105FK2N6O11. The van der Waals surface area contributed by atoms with E-state index in [1.165, 1.54) is 27.8 Å². The summed E-state index contributed by atoms with van der Waals surface area (Å²) in [6, 6.07) is 12.6. The molecule has 4 N–H and O–H groups in total. The van der Waals surface area contributed by atoms with Crippen LogP contribution in [0.25, 0.3) is 0 Å². The van der Waals surface area contributed by atoms with Crippen molar-refractivity contribution in [3.63, 3.8) is 0 Å². The number of halogens is 1. The van der Waals surface area contributed by atoms with Crippen LogP contribution in [0, 0.1) is 36.5 Å². The SMILES string of the molecule is CCN(CC)Cc1c(O)c(O)cc2c1C1(CC2(C)C)CC(C)(C)c2cc(O)c(O)c(CN(CC)CC)c21.CCN(CC)Cc1c(OC)c(OC)cc2c1C1(CC2(C)C)CC(C)(C)c2cc3c(c(CN(CC)CC)c21)Oc1c(C#N)c(C)c(C)c(C#N)c1O3.O=CO[O-].[2H]CF.[H-].[K+].[K+]. The van der Waals surface area contributed by atoms with E-state index in [0.717, 1.165) is 146 Å². The molecule has 0 bridgehead atoms. The second-order valence-corrected chi connectivity index (χ2v) is 28.4. The predicted octanol–water partition coefficient (Wildman–Crippen LogP) is 8.28. The summed E-state index contributed by atoms with van der Waals surface area (Å²) >= 11 is 0. The van der Waals surface area contributed by atoms with Crippen LogP contribution in [0.2, 0.25) is 0 Å². The third-order valence-corrected chi connectivity index (χ3v) is 21.4. The van der Waals surface area contributed by atoms with E-state index >= 15 is 0 Å². The van der Waals surface area contributed by atoms with Crippen LogP contribution in [-0.2, 0) is 68.4 Å². The molecule has 0 saturated carbocycles. The number of nitrogens with zero attached hydrogens (tertiary/aromatic N) is 6. The molecule has 1 atom stereocenters. The molecule has 1 unspecified atom stereocenters. The van der Waals surface area contributed by atoms with Crippen molar-refractivity contribution >= 4 is 6.47 Å². The fourth-order valence-corrected chi connectivity index (χ4v) is 17.1. The summed E-state index contributed by atoms with van der Waals surface area (Å²) < 4.78 is 41.5. The van der Waals surface area contributed by atoms with Gasteiger partial charge in [-0.3, -0.25) is 28.8 Å². The Morgan fingerprint density at radius 2 is 0.854 bits per heavy atom. The largest absolute Gasteiger partial charge is 1.00 e. The molecule has 2 spiro atoms. The van der Waals surface area contributed by atoms with E-state index in [1.54, 1.807) is 26.4 Å². The van der Waals surface area contributed by atoms with Crippen molar-refractivity contribution in [1.29, 1.82) is 10.5 Å². The Bertz CT molecular complexity index is 3690. The summed E-state index contributed by atoms with van der Waals surface area (Å²) in [5.41, 5.74) is 13.9. The van der Waals surface area contributed by atoms with Crippen molar-refractivity contribution in [2.75, 3.05) is 73.7 Å². The molecule has 0 aromatic heterocycles. The van der Waals surface area contributed by atoms with Crippen molar-refractivity contribution in [2.45, 2.75) is 209 Å². The minimum atomic E-state index is -1.00. The zero-order chi connectivity index (χ0) is 70.8. The van der Waals surface area contributed by atoms with Crippen LogP contribution in [0.5, 0.6) is 57.5 Å². The molecule has 0 amide bonds. The molecule has 5 aliphatic rings. The molecule has 10 rings (SSSR count). The molecule has 0 radical (unpaired) electrons. The third-order valence-electron chi connectivity index (χ3n) is 21.4. The van der Waals surface area contributed by atoms with Crippen LogP contribution in [0.1, 0.15) is 228 Å². The first-order chi connectivity index (χ1) is 44.8. The second-order valence-electron chi connectivity index (χ2n) is 28.4. The maximum absolute atomic E-state index is 11.3. The monoisotopic (exact) mass is 1380 g/mol. The molecule has 17 nitrogen and oxygen atoms in total. The smallest absolute Gasteiger partial charge is 1.00 e. The summed E-state index contributed by atoms with van der Waals surface area (Å²) in [7, 11) is 2.49. The number of hydrogen-bond acceptors (Lipinski definition) is 17. The molecular weight excluding hydrogens is 1270 g/mol. The molecule has 0 saturated heterocycles. The molecule has 1 heterocycles. The van der Waals surface area contributed by atoms with Crippen LogP contribution >= 0.6 is 0 Å². The van der Waals surface area contributed by atoms with Gasteiger partial charge >= 0.3 is 103 Å². The van der Waals surface area contributed by atoms with Crippen molar-refractivity contribution in [2.24, 2.45) is 0 Å². The fraction of sp³-hybridized carbons (Fsp3) is 0.566. The average Bonchev–Trinajstić information content (AvgIpc) is 1.51. The molecule has 5 aromatic rings. The van der Waals surface area contributed by atoms with E-state index in [1.807, 2.05) is 13.8 Å². The summed E-state index contributed by atoms with van der Waals surface area (Å²) in [6.45, 7) is 48.5. The van der Waals surface area contributed by atoms with E-state index in [9.17, 15) is 35.3 Å². The van der Waals surface area contributed by atoms with Gasteiger partial charge in [-0.1, -0.05) is 111 Å². The van der Waals surface area contributed by atoms with Crippen molar-refractivity contribution in [1.82, 2.24) is 19.6 Å². The Morgan fingerprint density at radius 1 is 0.552 bits per heavy atom. The van der Waals surface area contributed by atoms with Gasteiger partial charge in [0.05, 0.1) is 22.7 Å². The Labute approximate surface area is 659 Å². The Balaban J connectivity index is 0.000000384. The number of alkyl halides is 1. The van der Waals surface area contributed by atoms with Gasteiger partial charge in [0.25, 0.3) is 6.47 Å². The molecule has 96 heavy (non-hydrogen) atoms. The van der Waals surface area contributed by atoms with Gasteiger partial charge in [-0.15, -0.1) is 0 Å². The fourth-order valence-electron chi connectivity index (χ4n) is 17.1. The predicted molar refractivity (Wildman–Crippen MR) is 365 cm³/mol. The standard InChI is InChI=1S/C43H54N4O4.C31H46N2O4.CH3F.CH2O3.2K.H/c1-13-46(14-2)21-29-35-31(17-33(48-11)37(29)49-12)41(7,8)23-43(35)24-42(9,10)32-18-34-38(30(36(32)43)22-47(15-3)16-4)51-40-28(20-45)26(6)25(5)27(19-44)39(40)50-34;1-9-32(10-2)15-19-25-21(13-23(34)27(19)36)29(5,6)17-31(25)18-30(7,8)22-14-24(35)28(37)20(26(22)31)16-33(11-3)12-4;1-2;2-1-4-3;;;/h17-18H,13-16,21-24H2,1-12H3;13-14,34-37H,9-12,15-18H2,1-8H3;1H3;1,3H;;;/q;;;;2*+1;-1/p-1/i;;1D;;;;. The van der Waals surface area contributed by atoms with Crippen LogP contribution in [-0.4, -0.2) is 120 Å². The number of phenolic OH excluding ortho intramolecular Hbond substituents is 4. The van der Waals surface area contributed by atoms with E-state index in [0.29, 0.717) is 53.8 Å². The summed E-state index contributed by atoms with van der Waals surface area (Å²) in [6.07, 6.45) is 3.42.